The van der Waals surface area contributed by atoms with Crippen LogP contribution in [0.25, 0.3) is 11.0 Å². The maximum absolute atomic E-state index is 12.4. The quantitative estimate of drug-likeness (QED) is 0.868. The van der Waals surface area contributed by atoms with Gasteiger partial charge in [-0.15, -0.1) is 0 Å². The summed E-state index contributed by atoms with van der Waals surface area (Å²) in [6.07, 6.45) is 3.92. The average Bonchev–Trinajstić information content (AvgIpc) is 2.85. The van der Waals surface area contributed by atoms with Gasteiger partial charge in [-0.25, -0.2) is 19.9 Å². The second kappa shape index (κ2) is 5.15. The summed E-state index contributed by atoms with van der Waals surface area (Å²) in [5, 5.41) is 0. The van der Waals surface area contributed by atoms with Crippen LogP contribution >= 0.6 is 0 Å². The van der Waals surface area contributed by atoms with Crippen LogP contribution in [0.3, 0.4) is 0 Å². The molecule has 1 saturated heterocycles. The molecular formula is C15H20N4O. The molecule has 2 amide bonds. The first-order valence-electron chi connectivity index (χ1n) is 7.16. The number of piperidine rings is 1. The monoisotopic (exact) mass is 272 g/mol. The number of imidazole rings is 1. The maximum Gasteiger partial charge on any atom is 0.336 e. The van der Waals surface area contributed by atoms with E-state index in [9.17, 15) is 4.79 Å². The summed E-state index contributed by atoms with van der Waals surface area (Å²) in [6, 6.07) is 7.99. The van der Waals surface area contributed by atoms with E-state index in [-0.39, 0.29) is 12.1 Å². The third-order valence-corrected chi connectivity index (χ3v) is 4.30. The molecular weight excluding hydrogens is 252 g/mol. The maximum atomic E-state index is 12.4. The minimum Gasteiger partial charge on any atom is -0.320 e. The minimum absolute atomic E-state index is 0.0489. The molecule has 0 unspecified atom stereocenters. The van der Waals surface area contributed by atoms with Gasteiger partial charge >= 0.3 is 6.03 Å². The van der Waals surface area contributed by atoms with Crippen molar-refractivity contribution in [3.8, 4) is 0 Å². The van der Waals surface area contributed by atoms with Crippen molar-refractivity contribution in [3.63, 3.8) is 0 Å². The molecule has 2 atom stereocenters. The number of hydrogen-bond acceptors (Lipinski definition) is 2. The fourth-order valence-electron chi connectivity index (χ4n) is 2.84. The molecule has 1 aromatic carbocycles. The summed E-state index contributed by atoms with van der Waals surface area (Å²) in [5.41, 5.74) is 4.72. The van der Waals surface area contributed by atoms with E-state index < -0.39 is 0 Å². The molecule has 1 N–H and O–H groups in total. The number of carbonyl (C=O) groups excluding carboxylic acids is 1. The smallest absolute Gasteiger partial charge is 0.320 e. The Morgan fingerprint density at radius 3 is 3.00 bits per heavy atom. The van der Waals surface area contributed by atoms with Crippen LogP contribution in [-0.2, 0) is 0 Å². The lowest BCUT2D eigenvalue weighted by Crippen LogP contribution is -2.49. The van der Waals surface area contributed by atoms with Crippen LogP contribution in [-0.4, -0.2) is 33.2 Å². The first kappa shape index (κ1) is 13.0. The van der Waals surface area contributed by atoms with E-state index in [1.165, 1.54) is 6.42 Å². The molecule has 2 heterocycles. The largest absolute Gasteiger partial charge is 0.336 e. The summed E-state index contributed by atoms with van der Waals surface area (Å²) >= 11 is 0. The van der Waals surface area contributed by atoms with Crippen molar-refractivity contribution in [3.05, 3.63) is 30.6 Å². The summed E-state index contributed by atoms with van der Waals surface area (Å²) in [6.45, 7) is 5.15. The predicted octanol–water partition coefficient (Wildman–Crippen LogP) is 2.82. The topological polar surface area (TPSA) is 50.2 Å². The Morgan fingerprint density at radius 1 is 1.35 bits per heavy atom. The zero-order valence-electron chi connectivity index (χ0n) is 11.9. The summed E-state index contributed by atoms with van der Waals surface area (Å²) in [4.78, 5) is 18.6. The van der Waals surface area contributed by atoms with E-state index >= 15 is 0 Å². The Hall–Kier alpha value is -2.04. The second-order valence-electron chi connectivity index (χ2n) is 5.57. The highest BCUT2D eigenvalue weighted by atomic mass is 16.2. The number of carbonyl (C=O) groups is 1. The molecule has 3 rings (SSSR count). The van der Waals surface area contributed by atoms with Crippen molar-refractivity contribution in [2.24, 2.45) is 5.92 Å². The Balaban J connectivity index is 1.78. The van der Waals surface area contributed by atoms with Crippen molar-refractivity contribution in [1.29, 1.82) is 0 Å². The van der Waals surface area contributed by atoms with Gasteiger partial charge in [0.25, 0.3) is 0 Å². The highest BCUT2D eigenvalue weighted by Gasteiger charge is 2.28. The first-order chi connectivity index (χ1) is 9.66. The number of nitrogens with zero attached hydrogens (tertiary/aromatic N) is 3. The highest BCUT2D eigenvalue weighted by Crippen LogP contribution is 2.23. The molecule has 0 spiro atoms. The number of rotatable bonds is 1. The van der Waals surface area contributed by atoms with Gasteiger partial charge in [-0.2, -0.15) is 0 Å². The van der Waals surface area contributed by atoms with Gasteiger partial charge in [-0.1, -0.05) is 19.1 Å². The summed E-state index contributed by atoms with van der Waals surface area (Å²) in [7, 11) is 0. The number of hydrogen-bond donors (Lipinski definition) is 1. The van der Waals surface area contributed by atoms with Gasteiger partial charge in [-0.05, 0) is 37.8 Å². The van der Waals surface area contributed by atoms with Crippen molar-refractivity contribution in [1.82, 2.24) is 14.6 Å². The molecule has 20 heavy (non-hydrogen) atoms. The van der Waals surface area contributed by atoms with Gasteiger partial charge in [0.15, 0.2) is 0 Å². The van der Waals surface area contributed by atoms with Crippen LogP contribution < -0.4 is 5.43 Å². The average molecular weight is 272 g/mol. The first-order valence-corrected chi connectivity index (χ1v) is 7.16. The molecule has 1 aromatic heterocycles. The van der Waals surface area contributed by atoms with Crippen molar-refractivity contribution in [2.45, 2.75) is 32.7 Å². The molecule has 0 aliphatic carbocycles. The Labute approximate surface area is 118 Å². The molecule has 1 aliphatic heterocycles. The molecule has 0 radical (unpaired) electrons. The van der Waals surface area contributed by atoms with Gasteiger partial charge in [-0.3, -0.25) is 0 Å². The number of amides is 2. The number of para-hydroxylation sites is 2. The molecule has 5 heteroatoms. The van der Waals surface area contributed by atoms with Gasteiger partial charge in [0.2, 0.25) is 0 Å². The molecule has 106 valence electrons. The Kier molecular flexibility index (Phi) is 3.34. The standard InChI is InChI=1S/C15H20N4O/c1-11-6-5-9-18(12(11)2)15(20)17-19-10-16-13-7-3-4-8-14(13)19/h3-4,7-8,10-12H,5-6,9H2,1-2H3,(H,17,20)/t11-,12-/m1/s1. The van der Waals surface area contributed by atoms with Crippen molar-refractivity contribution in [2.75, 3.05) is 12.0 Å². The van der Waals surface area contributed by atoms with Crippen LogP contribution in [0.5, 0.6) is 0 Å². The van der Waals surface area contributed by atoms with E-state index in [1.54, 1.807) is 11.0 Å². The fraction of sp³-hybridized carbons (Fsp3) is 0.467. The molecule has 1 aliphatic rings. The predicted molar refractivity (Wildman–Crippen MR) is 79.1 cm³/mol. The number of likely N-dealkylation sites (tertiary alicyclic amines) is 1. The molecule has 5 nitrogen and oxygen atoms in total. The van der Waals surface area contributed by atoms with Crippen molar-refractivity contribution < 1.29 is 4.79 Å². The van der Waals surface area contributed by atoms with Crippen molar-refractivity contribution >= 4 is 17.1 Å². The Bertz CT molecular complexity index is 621. The lowest BCUT2D eigenvalue weighted by atomic mass is 9.92. The molecule has 1 fully saturated rings. The number of aromatic nitrogens is 2. The van der Waals surface area contributed by atoms with Crippen LogP contribution in [0, 0.1) is 5.92 Å². The molecule has 0 bridgehead atoms. The van der Waals surface area contributed by atoms with Gasteiger partial charge < -0.3 is 4.90 Å². The lowest BCUT2D eigenvalue weighted by Gasteiger charge is -2.37. The zero-order valence-corrected chi connectivity index (χ0v) is 11.9. The molecule has 0 saturated carbocycles. The SMILES string of the molecule is C[C@@H]1CCCN(C(=O)Nn2cnc3ccccc32)[C@@H]1C. The van der Waals surface area contributed by atoms with Crippen LogP contribution in [0.2, 0.25) is 0 Å². The minimum atomic E-state index is -0.0489. The number of fused-ring (bicyclic) bond motifs is 1. The molecule has 2 aromatic rings. The van der Waals surface area contributed by atoms with E-state index in [4.69, 9.17) is 0 Å². The van der Waals surface area contributed by atoms with Gasteiger partial charge in [0.1, 0.15) is 6.33 Å². The van der Waals surface area contributed by atoms with Gasteiger partial charge in [0.05, 0.1) is 11.0 Å². The third-order valence-electron chi connectivity index (χ3n) is 4.30. The third kappa shape index (κ3) is 2.24. The number of urea groups is 1. The number of nitrogens with one attached hydrogen (secondary N) is 1. The van der Waals surface area contributed by atoms with E-state index in [0.717, 1.165) is 24.0 Å². The zero-order chi connectivity index (χ0) is 14.1. The Morgan fingerprint density at radius 2 is 2.15 bits per heavy atom. The lowest BCUT2D eigenvalue weighted by molar-refractivity contribution is 0.137. The summed E-state index contributed by atoms with van der Waals surface area (Å²) in [5.74, 6) is 0.550. The van der Waals surface area contributed by atoms with E-state index in [1.807, 2.05) is 29.2 Å². The van der Waals surface area contributed by atoms with E-state index in [0.29, 0.717) is 5.92 Å². The van der Waals surface area contributed by atoms with Crippen LogP contribution in [0.4, 0.5) is 4.79 Å². The highest BCUT2D eigenvalue weighted by molar-refractivity contribution is 5.85. The van der Waals surface area contributed by atoms with Crippen LogP contribution in [0.15, 0.2) is 30.6 Å². The summed E-state index contributed by atoms with van der Waals surface area (Å²) < 4.78 is 1.70. The van der Waals surface area contributed by atoms with Gasteiger partial charge in [0, 0.05) is 12.6 Å². The second-order valence-corrected chi connectivity index (χ2v) is 5.57. The van der Waals surface area contributed by atoms with E-state index in [2.05, 4.69) is 24.3 Å². The number of benzene rings is 1. The van der Waals surface area contributed by atoms with Crippen LogP contribution in [0.1, 0.15) is 26.7 Å². The fourth-order valence-corrected chi connectivity index (χ4v) is 2.84. The normalized spacial score (nSPS) is 23.0.